The van der Waals surface area contributed by atoms with Crippen LogP contribution in [0.1, 0.15) is 23.7 Å². The van der Waals surface area contributed by atoms with Crippen LogP contribution in [0.4, 0.5) is 0 Å². The van der Waals surface area contributed by atoms with Gasteiger partial charge in [0, 0.05) is 18.8 Å². The number of hydrogen-bond acceptors (Lipinski definition) is 5. The van der Waals surface area contributed by atoms with Gasteiger partial charge in [-0.25, -0.2) is 14.6 Å². The normalized spacial score (nSPS) is 22.0. The first-order chi connectivity index (χ1) is 10.2. The smallest absolute Gasteiger partial charge is 0.253 e. The number of carbonyl (C=O) groups excluding carboxylic acids is 1. The Kier molecular flexibility index (Phi) is 3.92. The highest BCUT2D eigenvalue weighted by Crippen LogP contribution is 2.12. The molecule has 1 fully saturated rings. The Bertz CT molecular complexity index is 594. The van der Waals surface area contributed by atoms with Crippen LogP contribution >= 0.6 is 0 Å². The van der Waals surface area contributed by atoms with E-state index in [1.54, 1.807) is 29.3 Å². The van der Waals surface area contributed by atoms with E-state index in [1.165, 1.54) is 6.33 Å². The largest absolute Gasteiger partial charge is 0.348 e. The maximum absolute atomic E-state index is 12.2. The summed E-state index contributed by atoms with van der Waals surface area (Å²) in [4.78, 5) is 20.3. The van der Waals surface area contributed by atoms with Gasteiger partial charge in [0.05, 0.1) is 5.56 Å². The zero-order chi connectivity index (χ0) is 14.7. The van der Waals surface area contributed by atoms with Gasteiger partial charge in [0.1, 0.15) is 12.7 Å². The second-order valence-corrected chi connectivity index (χ2v) is 5.30. The molecule has 0 radical (unpaired) electrons. The van der Waals surface area contributed by atoms with Crippen molar-refractivity contribution in [3.63, 3.8) is 0 Å². The minimum absolute atomic E-state index is 0.0896. The fourth-order valence-corrected chi connectivity index (χ4v) is 2.42. The highest BCUT2D eigenvalue weighted by atomic mass is 16.1. The van der Waals surface area contributed by atoms with Crippen LogP contribution in [0.2, 0.25) is 0 Å². The van der Waals surface area contributed by atoms with Crippen molar-refractivity contribution in [3.05, 3.63) is 36.5 Å². The zero-order valence-electron chi connectivity index (χ0n) is 11.9. The van der Waals surface area contributed by atoms with E-state index in [4.69, 9.17) is 0 Å². The molecule has 21 heavy (non-hydrogen) atoms. The van der Waals surface area contributed by atoms with Crippen molar-refractivity contribution >= 4 is 5.91 Å². The predicted molar refractivity (Wildman–Crippen MR) is 77.1 cm³/mol. The summed E-state index contributed by atoms with van der Waals surface area (Å²) >= 11 is 0. The highest BCUT2D eigenvalue weighted by Gasteiger charge is 2.23. The molecule has 2 aromatic heterocycles. The third kappa shape index (κ3) is 3.08. The summed E-state index contributed by atoms with van der Waals surface area (Å²) in [7, 11) is 0. The maximum Gasteiger partial charge on any atom is 0.253 e. The van der Waals surface area contributed by atoms with Gasteiger partial charge >= 0.3 is 0 Å². The van der Waals surface area contributed by atoms with Gasteiger partial charge in [-0.05, 0) is 31.0 Å². The van der Waals surface area contributed by atoms with Gasteiger partial charge < -0.3 is 10.6 Å². The molecular formula is C14H18N6O. The molecule has 3 heterocycles. The van der Waals surface area contributed by atoms with Crippen LogP contribution in [-0.4, -0.2) is 44.8 Å². The van der Waals surface area contributed by atoms with E-state index in [-0.39, 0.29) is 11.9 Å². The summed E-state index contributed by atoms with van der Waals surface area (Å²) < 4.78 is 1.55. The van der Waals surface area contributed by atoms with Crippen molar-refractivity contribution in [1.29, 1.82) is 0 Å². The van der Waals surface area contributed by atoms with E-state index < -0.39 is 0 Å². The molecule has 0 aromatic carbocycles. The number of aromatic nitrogens is 4. The number of amides is 1. The first-order valence-electron chi connectivity index (χ1n) is 7.06. The van der Waals surface area contributed by atoms with Crippen LogP contribution in [0.5, 0.6) is 0 Å². The molecule has 1 aliphatic heterocycles. The minimum atomic E-state index is -0.0896. The van der Waals surface area contributed by atoms with Crippen molar-refractivity contribution in [3.8, 4) is 5.82 Å². The van der Waals surface area contributed by atoms with Gasteiger partial charge in [-0.3, -0.25) is 4.79 Å². The van der Waals surface area contributed by atoms with E-state index in [9.17, 15) is 4.79 Å². The molecule has 0 bridgehead atoms. The van der Waals surface area contributed by atoms with Gasteiger partial charge in [0.2, 0.25) is 0 Å². The first-order valence-corrected chi connectivity index (χ1v) is 7.06. The first kappa shape index (κ1) is 13.7. The van der Waals surface area contributed by atoms with E-state index in [2.05, 4.69) is 32.6 Å². The molecule has 2 aromatic rings. The lowest BCUT2D eigenvalue weighted by Gasteiger charge is -2.30. The average molecular weight is 286 g/mol. The molecule has 1 saturated heterocycles. The van der Waals surface area contributed by atoms with Crippen LogP contribution in [0.15, 0.2) is 31.0 Å². The molecule has 7 heteroatoms. The molecule has 2 unspecified atom stereocenters. The Labute approximate surface area is 122 Å². The number of hydrogen-bond donors (Lipinski definition) is 2. The Balaban J connectivity index is 1.67. The second kappa shape index (κ2) is 6.01. The Morgan fingerprint density at radius 1 is 1.48 bits per heavy atom. The standard InChI is InChI=1S/C14H18N6O/c1-10-4-5-15-7-12(10)19-14(21)11-2-3-13(17-6-11)20-9-16-8-18-20/h2-3,6,8-10,12,15H,4-5,7H2,1H3,(H,19,21). The van der Waals surface area contributed by atoms with Crippen LogP contribution in [0.3, 0.4) is 0 Å². The van der Waals surface area contributed by atoms with Gasteiger partial charge in [-0.1, -0.05) is 6.92 Å². The van der Waals surface area contributed by atoms with Crippen molar-refractivity contribution in [2.45, 2.75) is 19.4 Å². The van der Waals surface area contributed by atoms with E-state index in [0.717, 1.165) is 19.5 Å². The quantitative estimate of drug-likeness (QED) is 0.852. The Morgan fingerprint density at radius 3 is 3.05 bits per heavy atom. The monoisotopic (exact) mass is 286 g/mol. The van der Waals surface area contributed by atoms with E-state index in [0.29, 0.717) is 17.3 Å². The van der Waals surface area contributed by atoms with Gasteiger partial charge in [0.25, 0.3) is 5.91 Å². The zero-order valence-corrected chi connectivity index (χ0v) is 11.9. The molecule has 0 spiro atoms. The van der Waals surface area contributed by atoms with Gasteiger partial charge in [0.15, 0.2) is 5.82 Å². The second-order valence-electron chi connectivity index (χ2n) is 5.30. The highest BCUT2D eigenvalue weighted by molar-refractivity contribution is 5.94. The van der Waals surface area contributed by atoms with Crippen molar-refractivity contribution < 1.29 is 4.79 Å². The predicted octanol–water partition coefficient (Wildman–Crippen LogP) is 0.390. The third-order valence-corrected chi connectivity index (χ3v) is 3.81. The van der Waals surface area contributed by atoms with Crippen LogP contribution in [0, 0.1) is 5.92 Å². The summed E-state index contributed by atoms with van der Waals surface area (Å²) in [5.41, 5.74) is 0.552. The Morgan fingerprint density at radius 2 is 2.38 bits per heavy atom. The lowest BCUT2D eigenvalue weighted by atomic mass is 9.94. The SMILES string of the molecule is CC1CCNCC1NC(=O)c1ccc(-n2cncn2)nc1. The number of pyridine rings is 1. The number of carbonyl (C=O) groups is 1. The van der Waals surface area contributed by atoms with Crippen LogP contribution < -0.4 is 10.6 Å². The average Bonchev–Trinajstić information content (AvgIpc) is 3.04. The minimum Gasteiger partial charge on any atom is -0.348 e. The van der Waals surface area contributed by atoms with E-state index in [1.807, 2.05) is 0 Å². The summed E-state index contributed by atoms with van der Waals surface area (Å²) in [6.07, 6.45) is 5.65. The number of nitrogens with zero attached hydrogens (tertiary/aromatic N) is 4. The lowest BCUT2D eigenvalue weighted by molar-refractivity contribution is 0.0915. The van der Waals surface area contributed by atoms with Crippen LogP contribution in [0.25, 0.3) is 5.82 Å². The molecule has 1 aliphatic rings. The molecule has 0 saturated carbocycles. The van der Waals surface area contributed by atoms with E-state index >= 15 is 0 Å². The van der Waals surface area contributed by atoms with Crippen LogP contribution in [-0.2, 0) is 0 Å². The number of nitrogens with one attached hydrogen (secondary N) is 2. The molecular weight excluding hydrogens is 268 g/mol. The summed E-state index contributed by atoms with van der Waals surface area (Å²) in [5, 5.41) is 10.4. The summed E-state index contributed by atoms with van der Waals surface area (Å²) in [6.45, 7) is 4.00. The summed E-state index contributed by atoms with van der Waals surface area (Å²) in [6, 6.07) is 3.67. The molecule has 110 valence electrons. The Hall–Kier alpha value is -2.28. The van der Waals surface area contributed by atoms with Gasteiger partial charge in [-0.15, -0.1) is 0 Å². The summed E-state index contributed by atoms with van der Waals surface area (Å²) in [5.74, 6) is 1.03. The third-order valence-electron chi connectivity index (χ3n) is 3.81. The molecule has 2 N–H and O–H groups in total. The topological polar surface area (TPSA) is 84.7 Å². The maximum atomic E-state index is 12.2. The van der Waals surface area contributed by atoms with Gasteiger partial charge in [-0.2, -0.15) is 5.10 Å². The lowest BCUT2D eigenvalue weighted by Crippen LogP contribution is -2.50. The number of rotatable bonds is 3. The molecule has 2 atom stereocenters. The fraction of sp³-hybridized carbons (Fsp3) is 0.429. The van der Waals surface area contributed by atoms with Crippen molar-refractivity contribution in [1.82, 2.24) is 30.4 Å². The molecule has 7 nitrogen and oxygen atoms in total. The molecule has 1 amide bonds. The molecule has 0 aliphatic carbocycles. The number of piperidine rings is 1. The van der Waals surface area contributed by atoms with Crippen molar-refractivity contribution in [2.24, 2.45) is 5.92 Å². The fourth-order valence-electron chi connectivity index (χ4n) is 2.42. The van der Waals surface area contributed by atoms with Crippen molar-refractivity contribution in [2.75, 3.05) is 13.1 Å². The molecule has 3 rings (SSSR count).